The van der Waals surface area contributed by atoms with Crippen molar-refractivity contribution in [2.24, 2.45) is 5.10 Å². The molecular weight excluding hydrogens is 409 g/mol. The molecule has 6 nitrogen and oxygen atoms in total. The molecule has 2 aromatic rings. The molecule has 3 rings (SSSR count). The number of hydrogen-bond donors (Lipinski definition) is 1. The molecular formula is C22H25F3N4O2. The molecule has 0 amide bonds. The van der Waals surface area contributed by atoms with Crippen molar-refractivity contribution < 1.29 is 18.1 Å². The monoisotopic (exact) mass is 434 g/mol. The Morgan fingerprint density at radius 3 is 2.58 bits per heavy atom. The van der Waals surface area contributed by atoms with E-state index in [2.05, 4.69) is 49.3 Å². The number of nitro groups is 1. The molecule has 1 aliphatic heterocycles. The van der Waals surface area contributed by atoms with Crippen LogP contribution in [0.15, 0.2) is 35.4 Å². The van der Waals surface area contributed by atoms with Crippen LogP contribution in [0.5, 0.6) is 0 Å². The smallest absolute Gasteiger partial charge is 0.369 e. The van der Waals surface area contributed by atoms with E-state index in [1.807, 2.05) is 13.0 Å². The van der Waals surface area contributed by atoms with E-state index in [0.717, 1.165) is 35.4 Å². The van der Waals surface area contributed by atoms with Crippen LogP contribution >= 0.6 is 0 Å². The molecule has 1 atom stereocenters. The molecule has 1 aliphatic rings. The lowest BCUT2D eigenvalue weighted by molar-refractivity contribution is -0.384. The summed E-state index contributed by atoms with van der Waals surface area (Å²) in [5, 5.41) is 15.3. The van der Waals surface area contributed by atoms with Gasteiger partial charge in [-0.15, -0.1) is 0 Å². The van der Waals surface area contributed by atoms with Crippen LogP contribution in [-0.2, 0) is 6.18 Å². The SMILES string of the molecule is Cc1cc2c(cc1/C=N/Nc1ccc(C(F)(F)F)cc1[N+](=O)[O-])C(C)CC(C)(C)N2C. The van der Waals surface area contributed by atoms with Crippen LogP contribution in [0.3, 0.4) is 0 Å². The van der Waals surface area contributed by atoms with Gasteiger partial charge in [0.1, 0.15) is 5.69 Å². The van der Waals surface area contributed by atoms with Gasteiger partial charge < -0.3 is 4.90 Å². The zero-order chi connectivity index (χ0) is 23.1. The third kappa shape index (κ3) is 4.50. The second-order valence-electron chi connectivity index (χ2n) is 8.60. The van der Waals surface area contributed by atoms with E-state index < -0.39 is 22.4 Å². The quantitative estimate of drug-likeness (QED) is 0.359. The number of anilines is 2. The maximum absolute atomic E-state index is 12.8. The summed E-state index contributed by atoms with van der Waals surface area (Å²) >= 11 is 0. The Balaban J connectivity index is 1.89. The highest BCUT2D eigenvalue weighted by atomic mass is 19.4. The van der Waals surface area contributed by atoms with E-state index >= 15 is 0 Å². The summed E-state index contributed by atoms with van der Waals surface area (Å²) in [4.78, 5) is 12.6. The largest absolute Gasteiger partial charge is 0.416 e. The average Bonchev–Trinajstić information content (AvgIpc) is 2.66. The molecule has 2 aromatic carbocycles. The zero-order valence-corrected chi connectivity index (χ0v) is 18.0. The van der Waals surface area contributed by atoms with Crippen molar-refractivity contribution in [2.45, 2.75) is 51.7 Å². The standard InChI is InChI=1S/C22H25F3N4O2/c1-13-8-19-17(14(2)11-21(3,4)28(19)5)9-15(13)12-26-27-18-7-6-16(22(23,24)25)10-20(18)29(30)31/h6-10,12,14,27H,11H2,1-5H3/b26-12+. The number of nitrogens with zero attached hydrogens (tertiary/aromatic N) is 3. The van der Waals surface area contributed by atoms with Crippen LogP contribution in [-0.4, -0.2) is 23.7 Å². The van der Waals surface area contributed by atoms with Crippen molar-refractivity contribution in [2.75, 3.05) is 17.4 Å². The molecule has 0 spiro atoms. The normalized spacial score (nSPS) is 18.2. The molecule has 0 fully saturated rings. The zero-order valence-electron chi connectivity index (χ0n) is 18.0. The van der Waals surface area contributed by atoms with Crippen LogP contribution in [0, 0.1) is 17.0 Å². The summed E-state index contributed by atoms with van der Waals surface area (Å²) in [6.07, 6.45) is -2.14. The number of aryl methyl sites for hydroxylation is 1. The van der Waals surface area contributed by atoms with E-state index in [9.17, 15) is 23.3 Å². The van der Waals surface area contributed by atoms with Crippen molar-refractivity contribution in [1.29, 1.82) is 0 Å². The molecule has 31 heavy (non-hydrogen) atoms. The fourth-order valence-electron chi connectivity index (χ4n) is 4.00. The van der Waals surface area contributed by atoms with Gasteiger partial charge in [0.25, 0.3) is 5.69 Å². The Labute approximate surface area is 178 Å². The lowest BCUT2D eigenvalue weighted by Crippen LogP contribution is -2.45. The predicted octanol–water partition coefficient (Wildman–Crippen LogP) is 6.09. The van der Waals surface area contributed by atoms with Gasteiger partial charge in [0.2, 0.25) is 0 Å². The highest BCUT2D eigenvalue weighted by molar-refractivity contribution is 5.85. The van der Waals surface area contributed by atoms with E-state index in [1.54, 1.807) is 0 Å². The van der Waals surface area contributed by atoms with Gasteiger partial charge in [-0.3, -0.25) is 15.5 Å². The van der Waals surface area contributed by atoms with E-state index in [0.29, 0.717) is 12.0 Å². The highest BCUT2D eigenvalue weighted by Gasteiger charge is 2.35. The van der Waals surface area contributed by atoms with Gasteiger partial charge in [-0.25, -0.2) is 0 Å². The highest BCUT2D eigenvalue weighted by Crippen LogP contribution is 2.43. The molecule has 0 saturated heterocycles. The van der Waals surface area contributed by atoms with Gasteiger partial charge in [0.05, 0.1) is 16.7 Å². The number of fused-ring (bicyclic) bond motifs is 1. The topological polar surface area (TPSA) is 70.8 Å². The first kappa shape index (κ1) is 22.6. The molecule has 0 bridgehead atoms. The summed E-state index contributed by atoms with van der Waals surface area (Å²) in [5.41, 5.74) is 4.82. The second-order valence-corrected chi connectivity index (χ2v) is 8.60. The van der Waals surface area contributed by atoms with Crippen molar-refractivity contribution in [3.63, 3.8) is 0 Å². The van der Waals surface area contributed by atoms with E-state index in [-0.39, 0.29) is 11.2 Å². The van der Waals surface area contributed by atoms with Gasteiger partial charge in [0, 0.05) is 24.3 Å². The number of hydrogen-bond acceptors (Lipinski definition) is 5. The third-order valence-corrected chi connectivity index (χ3v) is 5.93. The molecule has 1 unspecified atom stereocenters. The van der Waals surface area contributed by atoms with Gasteiger partial charge >= 0.3 is 6.18 Å². The summed E-state index contributed by atoms with van der Waals surface area (Å²) < 4.78 is 38.5. The lowest BCUT2D eigenvalue weighted by atomic mass is 9.79. The van der Waals surface area contributed by atoms with Crippen molar-refractivity contribution >= 4 is 23.3 Å². The number of hydrazone groups is 1. The molecule has 1 N–H and O–H groups in total. The van der Waals surface area contributed by atoms with Crippen LogP contribution < -0.4 is 10.3 Å². The number of alkyl halides is 3. The lowest BCUT2D eigenvalue weighted by Gasteiger charge is -2.45. The van der Waals surface area contributed by atoms with Crippen molar-refractivity contribution in [3.8, 4) is 0 Å². The molecule has 166 valence electrons. The Morgan fingerprint density at radius 2 is 1.97 bits per heavy atom. The van der Waals surface area contributed by atoms with Gasteiger partial charge in [0.15, 0.2) is 0 Å². The molecule has 0 aliphatic carbocycles. The summed E-state index contributed by atoms with van der Waals surface area (Å²) in [6.45, 7) is 8.53. The molecule has 1 heterocycles. The maximum Gasteiger partial charge on any atom is 0.416 e. The van der Waals surface area contributed by atoms with Crippen molar-refractivity contribution in [3.05, 3.63) is 62.7 Å². The minimum absolute atomic E-state index is 0.0392. The Hall–Kier alpha value is -3.10. The van der Waals surface area contributed by atoms with Crippen LogP contribution in [0.25, 0.3) is 0 Å². The number of nitrogens with one attached hydrogen (secondary N) is 1. The summed E-state index contributed by atoms with van der Waals surface area (Å²) in [5.74, 6) is 0.345. The number of halogens is 3. The van der Waals surface area contributed by atoms with E-state index in [4.69, 9.17) is 0 Å². The molecule has 0 saturated carbocycles. The predicted molar refractivity (Wildman–Crippen MR) is 116 cm³/mol. The molecule has 0 radical (unpaired) electrons. The van der Waals surface area contributed by atoms with Crippen LogP contribution in [0.2, 0.25) is 0 Å². The fraction of sp³-hybridized carbons (Fsp3) is 0.409. The minimum Gasteiger partial charge on any atom is -0.369 e. The third-order valence-electron chi connectivity index (χ3n) is 5.93. The summed E-state index contributed by atoms with van der Waals surface area (Å²) in [7, 11) is 2.07. The van der Waals surface area contributed by atoms with Crippen LogP contribution in [0.1, 0.15) is 55.4 Å². The first-order valence-corrected chi connectivity index (χ1v) is 9.84. The van der Waals surface area contributed by atoms with Crippen molar-refractivity contribution in [1.82, 2.24) is 0 Å². The number of benzene rings is 2. The minimum atomic E-state index is -4.66. The number of rotatable bonds is 4. The first-order valence-electron chi connectivity index (χ1n) is 9.84. The molecule has 0 aromatic heterocycles. The van der Waals surface area contributed by atoms with E-state index in [1.165, 1.54) is 11.8 Å². The Kier molecular flexibility index (Phi) is 5.73. The Morgan fingerprint density at radius 1 is 1.29 bits per heavy atom. The van der Waals surface area contributed by atoms with Gasteiger partial charge in [-0.05, 0) is 74.1 Å². The molecule has 9 heteroatoms. The number of nitro benzene ring substituents is 1. The average molecular weight is 434 g/mol. The Bertz CT molecular complexity index is 1050. The maximum atomic E-state index is 12.8. The van der Waals surface area contributed by atoms with Gasteiger partial charge in [-0.1, -0.05) is 6.92 Å². The second kappa shape index (κ2) is 7.86. The van der Waals surface area contributed by atoms with Gasteiger partial charge in [-0.2, -0.15) is 18.3 Å². The fourth-order valence-corrected chi connectivity index (χ4v) is 4.00. The van der Waals surface area contributed by atoms with Crippen LogP contribution in [0.4, 0.5) is 30.2 Å². The summed E-state index contributed by atoms with van der Waals surface area (Å²) in [6, 6.07) is 6.44. The first-order chi connectivity index (χ1) is 14.3.